The lowest BCUT2D eigenvalue weighted by Gasteiger charge is -2.15. The summed E-state index contributed by atoms with van der Waals surface area (Å²) in [5, 5.41) is 0. The van der Waals surface area contributed by atoms with Gasteiger partial charge in [-0.05, 0) is 18.1 Å². The molecule has 0 saturated heterocycles. The van der Waals surface area contributed by atoms with Gasteiger partial charge in [-0.15, -0.1) is 0 Å². The van der Waals surface area contributed by atoms with Crippen LogP contribution in [0.4, 0.5) is 0 Å². The lowest BCUT2D eigenvalue weighted by molar-refractivity contribution is -0.118. The minimum Gasteiger partial charge on any atom is -0.370 e. The van der Waals surface area contributed by atoms with Crippen LogP contribution in [0.2, 0.25) is 0 Å². The fraction of sp³-hybridized carbons (Fsp3) is 0.174. The molecule has 5 nitrogen and oxygen atoms in total. The second-order valence-electron chi connectivity index (χ2n) is 7.17. The van der Waals surface area contributed by atoms with Crippen molar-refractivity contribution in [2.75, 3.05) is 0 Å². The third kappa shape index (κ3) is 3.16. The first-order chi connectivity index (χ1) is 13.4. The lowest BCUT2D eigenvalue weighted by Crippen LogP contribution is -2.20. The molecule has 1 amide bonds. The summed E-state index contributed by atoms with van der Waals surface area (Å²) in [7, 11) is 1.72. The standard InChI is InChI=1S/C23H21N3O2/c1-14-7-9-15(10-8-14)23-17-6-4-3-5-16(17)19-13-26(2)22(28)11-18(19)20(25-23)12-21(24)27/h3-11,13,20H,12H2,1-2H3,(H2,24,27)/t20-/m0/s1. The summed E-state index contributed by atoms with van der Waals surface area (Å²) in [5.41, 5.74) is 11.9. The van der Waals surface area contributed by atoms with Crippen LogP contribution in [0.1, 0.15) is 34.7 Å². The summed E-state index contributed by atoms with van der Waals surface area (Å²) in [4.78, 5) is 29.0. The number of amides is 1. The van der Waals surface area contributed by atoms with E-state index in [1.165, 1.54) is 0 Å². The van der Waals surface area contributed by atoms with Crippen LogP contribution < -0.4 is 11.3 Å². The largest absolute Gasteiger partial charge is 0.370 e. The quantitative estimate of drug-likeness (QED) is 0.768. The summed E-state index contributed by atoms with van der Waals surface area (Å²) in [6.45, 7) is 2.04. The molecule has 2 aromatic carbocycles. The van der Waals surface area contributed by atoms with Gasteiger partial charge in [0, 0.05) is 36.0 Å². The molecule has 140 valence electrons. The molecule has 0 aliphatic carbocycles. The van der Waals surface area contributed by atoms with E-state index in [4.69, 9.17) is 10.7 Å². The number of carbonyl (C=O) groups excluding carboxylic acids is 1. The summed E-state index contributed by atoms with van der Waals surface area (Å²) in [5.74, 6) is -0.449. The zero-order chi connectivity index (χ0) is 19.8. The molecule has 0 unspecified atom stereocenters. The third-order valence-electron chi connectivity index (χ3n) is 5.10. The molecule has 28 heavy (non-hydrogen) atoms. The molecule has 3 aromatic rings. The average Bonchev–Trinajstić information content (AvgIpc) is 2.79. The number of aryl methyl sites for hydroxylation is 2. The van der Waals surface area contributed by atoms with E-state index >= 15 is 0 Å². The number of nitrogens with zero attached hydrogens (tertiary/aromatic N) is 2. The van der Waals surface area contributed by atoms with Crippen LogP contribution in [-0.2, 0) is 11.8 Å². The van der Waals surface area contributed by atoms with Crippen molar-refractivity contribution < 1.29 is 4.79 Å². The van der Waals surface area contributed by atoms with Gasteiger partial charge in [-0.2, -0.15) is 0 Å². The predicted octanol–water partition coefficient (Wildman–Crippen LogP) is 3.13. The zero-order valence-corrected chi connectivity index (χ0v) is 15.8. The zero-order valence-electron chi connectivity index (χ0n) is 15.8. The molecule has 2 heterocycles. The number of carbonyl (C=O) groups is 1. The van der Waals surface area contributed by atoms with Crippen LogP contribution in [-0.4, -0.2) is 16.2 Å². The Morgan fingerprint density at radius 3 is 2.43 bits per heavy atom. The van der Waals surface area contributed by atoms with E-state index in [2.05, 4.69) is 0 Å². The molecular weight excluding hydrogens is 350 g/mol. The number of hydrogen-bond donors (Lipinski definition) is 1. The first-order valence-electron chi connectivity index (χ1n) is 9.17. The van der Waals surface area contributed by atoms with Crippen molar-refractivity contribution >= 4 is 11.6 Å². The summed E-state index contributed by atoms with van der Waals surface area (Å²) >= 11 is 0. The Balaban J connectivity index is 2.04. The van der Waals surface area contributed by atoms with Crippen LogP contribution in [0.3, 0.4) is 0 Å². The molecule has 5 heteroatoms. The summed E-state index contributed by atoms with van der Waals surface area (Å²) < 4.78 is 1.55. The molecule has 0 radical (unpaired) electrons. The highest BCUT2D eigenvalue weighted by Gasteiger charge is 2.26. The highest BCUT2D eigenvalue weighted by atomic mass is 16.1. The number of nitrogens with two attached hydrogens (primary N) is 1. The van der Waals surface area contributed by atoms with E-state index in [0.29, 0.717) is 0 Å². The van der Waals surface area contributed by atoms with E-state index in [1.807, 2.05) is 61.7 Å². The van der Waals surface area contributed by atoms with Gasteiger partial charge in [0.25, 0.3) is 5.56 Å². The number of primary amides is 1. The summed E-state index contributed by atoms with van der Waals surface area (Å²) in [6, 6.07) is 17.2. The van der Waals surface area contributed by atoms with Crippen molar-refractivity contribution in [3.8, 4) is 11.1 Å². The summed E-state index contributed by atoms with van der Waals surface area (Å²) in [6.07, 6.45) is 1.86. The van der Waals surface area contributed by atoms with Gasteiger partial charge in [-0.1, -0.05) is 54.1 Å². The number of benzene rings is 2. The van der Waals surface area contributed by atoms with E-state index in [9.17, 15) is 9.59 Å². The van der Waals surface area contributed by atoms with Crippen LogP contribution >= 0.6 is 0 Å². The van der Waals surface area contributed by atoms with Crippen LogP contribution in [0.15, 0.2) is 70.6 Å². The molecule has 1 aliphatic rings. The van der Waals surface area contributed by atoms with E-state index in [-0.39, 0.29) is 12.0 Å². The fourth-order valence-corrected chi connectivity index (χ4v) is 3.65. The first kappa shape index (κ1) is 17.9. The maximum Gasteiger partial charge on any atom is 0.250 e. The van der Waals surface area contributed by atoms with E-state index in [1.54, 1.807) is 17.7 Å². The topological polar surface area (TPSA) is 77.4 Å². The third-order valence-corrected chi connectivity index (χ3v) is 5.10. The SMILES string of the molecule is Cc1ccc(C2=N[C@@H](CC(N)=O)c3cc(=O)n(C)cc3-c3ccccc32)cc1. The molecule has 2 N–H and O–H groups in total. The maximum absolute atomic E-state index is 12.3. The number of aromatic nitrogens is 1. The van der Waals surface area contributed by atoms with E-state index < -0.39 is 11.9 Å². The van der Waals surface area contributed by atoms with Crippen molar-refractivity contribution in [3.63, 3.8) is 0 Å². The van der Waals surface area contributed by atoms with Crippen molar-refractivity contribution in [1.29, 1.82) is 0 Å². The van der Waals surface area contributed by atoms with E-state index in [0.717, 1.165) is 39.1 Å². The van der Waals surface area contributed by atoms with Crippen LogP contribution in [0.5, 0.6) is 0 Å². The van der Waals surface area contributed by atoms with Gasteiger partial charge in [0.1, 0.15) is 0 Å². The normalized spacial score (nSPS) is 15.2. The molecule has 0 bridgehead atoms. The van der Waals surface area contributed by atoms with Gasteiger partial charge in [0.15, 0.2) is 0 Å². The number of hydrogen-bond acceptors (Lipinski definition) is 3. The Kier molecular flexibility index (Phi) is 4.43. The van der Waals surface area contributed by atoms with Gasteiger partial charge in [-0.25, -0.2) is 0 Å². The Morgan fingerprint density at radius 1 is 1.07 bits per heavy atom. The highest BCUT2D eigenvalue weighted by Crippen LogP contribution is 2.38. The Labute approximate surface area is 163 Å². The van der Waals surface area contributed by atoms with Crippen molar-refractivity contribution in [1.82, 2.24) is 4.57 Å². The van der Waals surface area contributed by atoms with Crippen LogP contribution in [0, 0.1) is 6.92 Å². The lowest BCUT2D eigenvalue weighted by atomic mass is 9.91. The van der Waals surface area contributed by atoms with Gasteiger partial charge >= 0.3 is 0 Å². The van der Waals surface area contributed by atoms with Crippen molar-refractivity contribution in [3.05, 3.63) is 93.4 Å². The first-order valence-corrected chi connectivity index (χ1v) is 9.17. The highest BCUT2D eigenvalue weighted by molar-refractivity contribution is 6.17. The molecule has 4 rings (SSSR count). The average molecular weight is 371 g/mol. The number of aliphatic imine (C=N–C) groups is 1. The van der Waals surface area contributed by atoms with Gasteiger partial charge < -0.3 is 10.3 Å². The fourth-order valence-electron chi connectivity index (χ4n) is 3.65. The van der Waals surface area contributed by atoms with Gasteiger partial charge in [-0.3, -0.25) is 14.6 Å². The molecule has 1 aliphatic heterocycles. The maximum atomic E-state index is 12.3. The number of rotatable bonds is 3. The smallest absolute Gasteiger partial charge is 0.250 e. The second kappa shape index (κ2) is 6.93. The van der Waals surface area contributed by atoms with Crippen LogP contribution in [0.25, 0.3) is 11.1 Å². The molecule has 0 saturated carbocycles. The number of pyridine rings is 1. The number of fused-ring (bicyclic) bond motifs is 3. The Bertz CT molecular complexity index is 1160. The van der Waals surface area contributed by atoms with Crippen molar-refractivity contribution in [2.45, 2.75) is 19.4 Å². The predicted molar refractivity (Wildman–Crippen MR) is 110 cm³/mol. The molecule has 1 atom stereocenters. The van der Waals surface area contributed by atoms with Gasteiger partial charge in [0.2, 0.25) is 5.91 Å². The van der Waals surface area contributed by atoms with Crippen molar-refractivity contribution in [2.24, 2.45) is 17.8 Å². The molecular formula is C23H21N3O2. The molecule has 1 aromatic heterocycles. The minimum atomic E-state index is -0.509. The minimum absolute atomic E-state index is 0.0452. The monoisotopic (exact) mass is 371 g/mol. The Hall–Kier alpha value is -3.47. The molecule has 0 spiro atoms. The molecule has 0 fully saturated rings. The van der Waals surface area contributed by atoms with Gasteiger partial charge in [0.05, 0.1) is 18.2 Å². The second-order valence-corrected chi connectivity index (χ2v) is 7.17. The Morgan fingerprint density at radius 2 is 1.75 bits per heavy atom.